The molecule has 2 unspecified atom stereocenters. The van der Waals surface area contributed by atoms with E-state index in [2.05, 4.69) is 27.7 Å². The lowest BCUT2D eigenvalue weighted by Gasteiger charge is -2.39. The molecular formula is C15H20ClN3O. The molecule has 3 rings (SSSR count). The third kappa shape index (κ3) is 2.43. The van der Waals surface area contributed by atoms with E-state index < -0.39 is 0 Å². The summed E-state index contributed by atoms with van der Waals surface area (Å²) in [6, 6.07) is 6.40. The quantitative estimate of drug-likeness (QED) is 0.865. The molecule has 2 atom stereocenters. The number of fused-ring (bicyclic) bond motifs is 1. The molecule has 0 aromatic heterocycles. The molecule has 1 aromatic carbocycles. The molecule has 2 aliphatic rings. The van der Waals surface area contributed by atoms with Crippen molar-refractivity contribution in [3.8, 4) is 0 Å². The van der Waals surface area contributed by atoms with Gasteiger partial charge in [-0.15, -0.1) is 0 Å². The van der Waals surface area contributed by atoms with E-state index in [0.717, 1.165) is 37.5 Å². The second kappa shape index (κ2) is 5.72. The van der Waals surface area contributed by atoms with Gasteiger partial charge in [0.1, 0.15) is 6.04 Å². The van der Waals surface area contributed by atoms with Crippen LogP contribution in [0, 0.1) is 0 Å². The van der Waals surface area contributed by atoms with Gasteiger partial charge in [0, 0.05) is 37.7 Å². The Balaban J connectivity index is 1.87. The molecule has 0 radical (unpaired) electrons. The molecule has 1 saturated heterocycles. The Morgan fingerprint density at radius 3 is 3.15 bits per heavy atom. The van der Waals surface area contributed by atoms with Gasteiger partial charge in [0.15, 0.2) is 0 Å². The normalized spacial score (nSPS) is 26.3. The fourth-order valence-electron chi connectivity index (χ4n) is 3.41. The Morgan fingerprint density at radius 2 is 2.35 bits per heavy atom. The van der Waals surface area contributed by atoms with Crippen molar-refractivity contribution < 1.29 is 4.79 Å². The first-order chi connectivity index (χ1) is 9.70. The van der Waals surface area contributed by atoms with Crippen LogP contribution < -0.4 is 10.6 Å². The number of carbonyl (C=O) groups is 1. The molecule has 1 fully saturated rings. The largest absolute Gasteiger partial charge is 0.358 e. The molecule has 0 saturated carbocycles. The molecule has 20 heavy (non-hydrogen) atoms. The van der Waals surface area contributed by atoms with E-state index in [0.29, 0.717) is 6.04 Å². The molecule has 1 amide bonds. The van der Waals surface area contributed by atoms with Crippen LogP contribution in [0.3, 0.4) is 0 Å². The third-order valence-electron chi connectivity index (χ3n) is 4.39. The van der Waals surface area contributed by atoms with E-state index >= 15 is 0 Å². The van der Waals surface area contributed by atoms with Crippen molar-refractivity contribution in [3.63, 3.8) is 0 Å². The zero-order chi connectivity index (χ0) is 14.1. The summed E-state index contributed by atoms with van der Waals surface area (Å²) >= 11 is 6.07. The lowest BCUT2D eigenvalue weighted by atomic mass is 10.0. The van der Waals surface area contributed by atoms with Gasteiger partial charge in [-0.2, -0.15) is 0 Å². The van der Waals surface area contributed by atoms with Gasteiger partial charge in [-0.1, -0.05) is 17.7 Å². The van der Waals surface area contributed by atoms with Gasteiger partial charge >= 0.3 is 0 Å². The Bertz CT molecular complexity index is 520. The number of amides is 1. The first-order valence-corrected chi connectivity index (χ1v) is 7.55. The standard InChI is InChI=1S/C15H20ClN3O/c1-17-15(20)14-9-18-6-7-19(14)13-5-2-10-8-11(16)3-4-12(10)13/h3-4,8,13-14,18H,2,5-7,9H2,1H3,(H,17,20). The maximum atomic E-state index is 12.1. The van der Waals surface area contributed by atoms with Crippen LogP contribution in [-0.4, -0.2) is 43.5 Å². The van der Waals surface area contributed by atoms with Crippen molar-refractivity contribution in [2.45, 2.75) is 24.9 Å². The summed E-state index contributed by atoms with van der Waals surface area (Å²) in [7, 11) is 1.71. The summed E-state index contributed by atoms with van der Waals surface area (Å²) in [5.41, 5.74) is 2.67. The van der Waals surface area contributed by atoms with Crippen LogP contribution in [0.15, 0.2) is 18.2 Å². The average molecular weight is 294 g/mol. The molecule has 5 heteroatoms. The number of likely N-dealkylation sites (N-methyl/N-ethyl adjacent to an activating group) is 1. The highest BCUT2D eigenvalue weighted by Gasteiger charge is 2.36. The van der Waals surface area contributed by atoms with Crippen LogP contribution in [-0.2, 0) is 11.2 Å². The highest BCUT2D eigenvalue weighted by molar-refractivity contribution is 6.30. The van der Waals surface area contributed by atoms with Crippen molar-refractivity contribution in [1.29, 1.82) is 0 Å². The van der Waals surface area contributed by atoms with Crippen LogP contribution in [0.1, 0.15) is 23.6 Å². The number of benzene rings is 1. The number of carbonyl (C=O) groups excluding carboxylic acids is 1. The number of piperazine rings is 1. The van der Waals surface area contributed by atoms with Gasteiger partial charge < -0.3 is 10.6 Å². The zero-order valence-corrected chi connectivity index (χ0v) is 12.4. The number of halogens is 1. The average Bonchev–Trinajstić information content (AvgIpc) is 2.89. The molecule has 2 N–H and O–H groups in total. The van der Waals surface area contributed by atoms with Crippen molar-refractivity contribution >= 4 is 17.5 Å². The lowest BCUT2D eigenvalue weighted by Crippen LogP contribution is -2.58. The summed E-state index contributed by atoms with van der Waals surface area (Å²) in [5, 5.41) is 6.89. The molecule has 1 aliphatic heterocycles. The molecule has 1 aliphatic carbocycles. The summed E-state index contributed by atoms with van der Waals surface area (Å²) in [6.45, 7) is 2.57. The first kappa shape index (κ1) is 13.9. The maximum absolute atomic E-state index is 12.1. The monoisotopic (exact) mass is 293 g/mol. The number of nitrogens with one attached hydrogen (secondary N) is 2. The van der Waals surface area contributed by atoms with Crippen LogP contribution in [0.2, 0.25) is 5.02 Å². The van der Waals surface area contributed by atoms with E-state index in [1.807, 2.05) is 6.07 Å². The van der Waals surface area contributed by atoms with Gasteiger partial charge in [0.05, 0.1) is 0 Å². The van der Waals surface area contributed by atoms with Gasteiger partial charge in [-0.05, 0) is 36.1 Å². The first-order valence-electron chi connectivity index (χ1n) is 7.17. The Labute approximate surface area is 124 Å². The molecule has 1 aromatic rings. The van der Waals surface area contributed by atoms with E-state index in [-0.39, 0.29) is 11.9 Å². The minimum absolute atomic E-state index is 0.0830. The van der Waals surface area contributed by atoms with Gasteiger partial charge in [-0.25, -0.2) is 0 Å². The van der Waals surface area contributed by atoms with Crippen LogP contribution in [0.25, 0.3) is 0 Å². The predicted molar refractivity (Wildman–Crippen MR) is 79.9 cm³/mol. The minimum Gasteiger partial charge on any atom is -0.358 e. The van der Waals surface area contributed by atoms with E-state index in [1.165, 1.54) is 11.1 Å². The van der Waals surface area contributed by atoms with E-state index in [4.69, 9.17) is 11.6 Å². The second-order valence-electron chi connectivity index (χ2n) is 5.47. The van der Waals surface area contributed by atoms with Crippen molar-refractivity contribution in [2.24, 2.45) is 0 Å². The smallest absolute Gasteiger partial charge is 0.238 e. The number of nitrogens with zero attached hydrogens (tertiary/aromatic N) is 1. The van der Waals surface area contributed by atoms with Crippen molar-refractivity contribution in [1.82, 2.24) is 15.5 Å². The summed E-state index contributed by atoms with van der Waals surface area (Å²) in [5.74, 6) is 0.0969. The van der Waals surface area contributed by atoms with Crippen molar-refractivity contribution in [3.05, 3.63) is 34.3 Å². The molecule has 4 nitrogen and oxygen atoms in total. The van der Waals surface area contributed by atoms with Crippen molar-refractivity contribution in [2.75, 3.05) is 26.7 Å². The SMILES string of the molecule is CNC(=O)C1CNCCN1C1CCc2cc(Cl)ccc21. The van der Waals surface area contributed by atoms with Crippen LogP contribution in [0.5, 0.6) is 0 Å². The molecule has 0 bridgehead atoms. The van der Waals surface area contributed by atoms with Crippen LogP contribution in [0.4, 0.5) is 0 Å². The lowest BCUT2D eigenvalue weighted by molar-refractivity contribution is -0.127. The Morgan fingerprint density at radius 1 is 1.50 bits per heavy atom. The third-order valence-corrected chi connectivity index (χ3v) is 4.62. The maximum Gasteiger partial charge on any atom is 0.238 e. The second-order valence-corrected chi connectivity index (χ2v) is 5.91. The zero-order valence-electron chi connectivity index (χ0n) is 11.7. The topological polar surface area (TPSA) is 44.4 Å². The molecular weight excluding hydrogens is 274 g/mol. The fourth-order valence-corrected chi connectivity index (χ4v) is 3.61. The highest BCUT2D eigenvalue weighted by Crippen LogP contribution is 2.38. The number of aryl methyl sites for hydroxylation is 1. The summed E-state index contributed by atoms with van der Waals surface area (Å²) in [6.07, 6.45) is 2.12. The fraction of sp³-hybridized carbons (Fsp3) is 0.533. The van der Waals surface area contributed by atoms with E-state index in [1.54, 1.807) is 7.05 Å². The van der Waals surface area contributed by atoms with Gasteiger partial charge in [0.25, 0.3) is 0 Å². The number of hydrogen-bond donors (Lipinski definition) is 2. The van der Waals surface area contributed by atoms with Crippen LogP contribution >= 0.6 is 11.6 Å². The highest BCUT2D eigenvalue weighted by atomic mass is 35.5. The van der Waals surface area contributed by atoms with E-state index in [9.17, 15) is 4.79 Å². The molecule has 0 spiro atoms. The van der Waals surface area contributed by atoms with Gasteiger partial charge in [0.2, 0.25) is 5.91 Å². The minimum atomic E-state index is -0.0830. The predicted octanol–water partition coefficient (Wildman–Crippen LogP) is 1.35. The number of rotatable bonds is 2. The summed E-state index contributed by atoms with van der Waals surface area (Å²) in [4.78, 5) is 14.4. The molecule has 108 valence electrons. The Kier molecular flexibility index (Phi) is 3.96. The Hall–Kier alpha value is -1.10. The summed E-state index contributed by atoms with van der Waals surface area (Å²) < 4.78 is 0. The molecule has 1 heterocycles. The van der Waals surface area contributed by atoms with Gasteiger partial charge in [-0.3, -0.25) is 9.69 Å². The number of hydrogen-bond acceptors (Lipinski definition) is 3.